The van der Waals surface area contributed by atoms with E-state index in [2.05, 4.69) is 12.2 Å². The van der Waals surface area contributed by atoms with Crippen LogP contribution in [0.15, 0.2) is 4.99 Å². The summed E-state index contributed by atoms with van der Waals surface area (Å²) in [4.78, 5) is 4.77. The lowest BCUT2D eigenvalue weighted by molar-refractivity contribution is 0.184. The highest BCUT2D eigenvalue weighted by Gasteiger charge is 2.39. The molecular formula is C15H26N2OS. The minimum atomic E-state index is 0.381. The summed E-state index contributed by atoms with van der Waals surface area (Å²) in [5.74, 6) is 2.89. The Bertz CT molecular complexity index is 331. The van der Waals surface area contributed by atoms with Gasteiger partial charge in [0.2, 0.25) is 0 Å². The van der Waals surface area contributed by atoms with Crippen LogP contribution in [0.2, 0.25) is 0 Å². The fourth-order valence-corrected chi connectivity index (χ4v) is 4.58. The molecule has 2 heterocycles. The molecule has 0 bridgehead atoms. The zero-order valence-electron chi connectivity index (χ0n) is 12.0. The highest BCUT2D eigenvalue weighted by atomic mass is 32.2. The van der Waals surface area contributed by atoms with E-state index in [-0.39, 0.29) is 0 Å². The van der Waals surface area contributed by atoms with Crippen molar-refractivity contribution in [3.05, 3.63) is 0 Å². The van der Waals surface area contributed by atoms with E-state index in [0.29, 0.717) is 5.54 Å². The summed E-state index contributed by atoms with van der Waals surface area (Å²) < 4.78 is 5.41. The van der Waals surface area contributed by atoms with Crippen molar-refractivity contribution in [2.45, 2.75) is 51.0 Å². The highest BCUT2D eigenvalue weighted by Crippen LogP contribution is 2.38. The topological polar surface area (TPSA) is 33.6 Å². The first kappa shape index (κ1) is 13.7. The maximum Gasteiger partial charge on any atom is 0.157 e. The van der Waals surface area contributed by atoms with Gasteiger partial charge in [-0.05, 0) is 50.4 Å². The third-order valence-electron chi connectivity index (χ3n) is 4.91. The van der Waals surface area contributed by atoms with Crippen molar-refractivity contribution < 1.29 is 4.74 Å². The first-order valence-electron chi connectivity index (χ1n) is 7.79. The van der Waals surface area contributed by atoms with E-state index in [9.17, 15) is 0 Å². The second-order valence-electron chi connectivity index (χ2n) is 6.58. The van der Waals surface area contributed by atoms with Crippen LogP contribution in [0.4, 0.5) is 0 Å². The van der Waals surface area contributed by atoms with Gasteiger partial charge in [0.15, 0.2) is 5.17 Å². The van der Waals surface area contributed by atoms with E-state index >= 15 is 0 Å². The average molecular weight is 282 g/mol. The van der Waals surface area contributed by atoms with Crippen molar-refractivity contribution in [3.63, 3.8) is 0 Å². The van der Waals surface area contributed by atoms with Gasteiger partial charge in [0.05, 0.1) is 0 Å². The average Bonchev–Trinajstić information content (AvgIpc) is 3.05. The largest absolute Gasteiger partial charge is 0.381 e. The highest BCUT2D eigenvalue weighted by molar-refractivity contribution is 8.14. The number of rotatable bonds is 3. The van der Waals surface area contributed by atoms with Gasteiger partial charge in [-0.2, -0.15) is 0 Å². The maximum absolute atomic E-state index is 5.41. The van der Waals surface area contributed by atoms with Crippen LogP contribution in [-0.2, 0) is 4.74 Å². The molecule has 2 aliphatic heterocycles. The van der Waals surface area contributed by atoms with Gasteiger partial charge in [0.1, 0.15) is 0 Å². The van der Waals surface area contributed by atoms with Crippen LogP contribution in [0.1, 0.15) is 45.4 Å². The van der Waals surface area contributed by atoms with Crippen LogP contribution in [0.5, 0.6) is 0 Å². The Morgan fingerprint density at radius 2 is 2.21 bits per heavy atom. The van der Waals surface area contributed by atoms with E-state index in [4.69, 9.17) is 9.73 Å². The third-order valence-corrected chi connectivity index (χ3v) is 6.11. The van der Waals surface area contributed by atoms with E-state index in [1.807, 2.05) is 11.8 Å². The molecule has 1 unspecified atom stereocenters. The molecule has 19 heavy (non-hydrogen) atoms. The molecule has 1 N–H and O–H groups in total. The van der Waals surface area contributed by atoms with Crippen molar-refractivity contribution in [2.75, 3.05) is 25.5 Å². The van der Waals surface area contributed by atoms with E-state index in [0.717, 1.165) is 31.6 Å². The zero-order valence-corrected chi connectivity index (χ0v) is 12.8. The second-order valence-corrected chi connectivity index (χ2v) is 7.55. The Morgan fingerprint density at radius 3 is 2.95 bits per heavy atom. The van der Waals surface area contributed by atoms with Crippen LogP contribution >= 0.6 is 11.8 Å². The Balaban J connectivity index is 1.45. The monoisotopic (exact) mass is 282 g/mol. The number of thioether (sulfide) groups is 1. The number of aliphatic imine (C=N–C) groups is 1. The van der Waals surface area contributed by atoms with Crippen LogP contribution in [0.25, 0.3) is 0 Å². The number of amidine groups is 1. The van der Waals surface area contributed by atoms with Gasteiger partial charge >= 0.3 is 0 Å². The Morgan fingerprint density at radius 1 is 1.37 bits per heavy atom. The van der Waals surface area contributed by atoms with Gasteiger partial charge in [-0.3, -0.25) is 4.99 Å². The molecule has 0 aromatic heterocycles. The summed E-state index contributed by atoms with van der Waals surface area (Å²) in [6, 6.07) is 0. The lowest BCUT2D eigenvalue weighted by Crippen LogP contribution is -2.46. The predicted molar refractivity (Wildman–Crippen MR) is 81.8 cm³/mol. The molecular weight excluding hydrogens is 256 g/mol. The molecule has 0 aromatic rings. The summed E-state index contributed by atoms with van der Waals surface area (Å²) in [6.07, 6.45) is 7.83. The summed E-state index contributed by atoms with van der Waals surface area (Å²) >= 11 is 1.94. The van der Waals surface area contributed by atoms with Crippen LogP contribution in [-0.4, -0.2) is 36.2 Å². The van der Waals surface area contributed by atoms with Gasteiger partial charge in [0, 0.05) is 31.1 Å². The molecule has 108 valence electrons. The molecule has 3 nitrogen and oxygen atoms in total. The zero-order chi connectivity index (χ0) is 13.1. The molecule has 3 fully saturated rings. The van der Waals surface area contributed by atoms with E-state index < -0.39 is 0 Å². The minimum Gasteiger partial charge on any atom is -0.381 e. The van der Waals surface area contributed by atoms with Gasteiger partial charge in [-0.15, -0.1) is 0 Å². The van der Waals surface area contributed by atoms with Gasteiger partial charge < -0.3 is 10.1 Å². The molecule has 1 atom stereocenters. The molecule has 1 saturated carbocycles. The quantitative estimate of drug-likeness (QED) is 0.864. The molecule has 0 radical (unpaired) electrons. The minimum absolute atomic E-state index is 0.381. The second kappa shape index (κ2) is 6.04. The lowest BCUT2D eigenvalue weighted by Gasteiger charge is -2.35. The fourth-order valence-electron chi connectivity index (χ4n) is 3.33. The normalized spacial score (nSPS) is 41.0. The van der Waals surface area contributed by atoms with Crippen molar-refractivity contribution in [3.8, 4) is 0 Å². The van der Waals surface area contributed by atoms with Gasteiger partial charge in [-0.25, -0.2) is 0 Å². The molecule has 3 rings (SSSR count). The standard InChI is InChI=1S/C15H26N2OS/c1-12-2-6-15(7-3-12)11-19-14(17-15)16-8-4-13-5-9-18-10-13/h12-13H,2-11H2,1H3,(H,16,17). The number of ether oxygens (including phenoxy) is 1. The molecule has 1 spiro atoms. The molecule has 4 heteroatoms. The molecule has 1 aliphatic carbocycles. The molecule has 3 aliphatic rings. The number of nitrogens with zero attached hydrogens (tertiary/aromatic N) is 1. The lowest BCUT2D eigenvalue weighted by atomic mass is 9.78. The number of hydrogen-bond acceptors (Lipinski definition) is 3. The SMILES string of the molecule is CC1CCC2(CC1)CSC(=NCCC1CCOC1)N2. The predicted octanol–water partition coefficient (Wildman–Crippen LogP) is 3.05. The van der Waals surface area contributed by atoms with Crippen LogP contribution in [0, 0.1) is 11.8 Å². The Labute approximate surface area is 121 Å². The summed E-state index contributed by atoms with van der Waals surface area (Å²) in [5, 5.41) is 4.94. The fraction of sp³-hybridized carbons (Fsp3) is 0.933. The van der Waals surface area contributed by atoms with Crippen LogP contribution in [0.3, 0.4) is 0 Å². The third kappa shape index (κ3) is 3.46. The van der Waals surface area contributed by atoms with Crippen molar-refractivity contribution in [2.24, 2.45) is 16.8 Å². The first-order valence-corrected chi connectivity index (χ1v) is 8.77. The van der Waals surface area contributed by atoms with Crippen molar-refractivity contribution >= 4 is 16.9 Å². The molecule has 0 amide bonds. The van der Waals surface area contributed by atoms with E-state index in [1.165, 1.54) is 49.4 Å². The smallest absolute Gasteiger partial charge is 0.157 e. The first-order chi connectivity index (χ1) is 9.26. The van der Waals surface area contributed by atoms with Crippen molar-refractivity contribution in [1.82, 2.24) is 5.32 Å². The van der Waals surface area contributed by atoms with Gasteiger partial charge in [-0.1, -0.05) is 18.7 Å². The van der Waals surface area contributed by atoms with Gasteiger partial charge in [0.25, 0.3) is 0 Å². The van der Waals surface area contributed by atoms with E-state index in [1.54, 1.807) is 0 Å². The molecule has 2 saturated heterocycles. The summed E-state index contributed by atoms with van der Waals surface area (Å²) in [7, 11) is 0. The van der Waals surface area contributed by atoms with Crippen LogP contribution < -0.4 is 5.32 Å². The maximum atomic E-state index is 5.41. The summed E-state index contributed by atoms with van der Waals surface area (Å²) in [6.45, 7) is 5.26. The number of hydrogen-bond donors (Lipinski definition) is 1. The Kier molecular flexibility index (Phi) is 4.37. The summed E-state index contributed by atoms with van der Waals surface area (Å²) in [5.41, 5.74) is 0.381. The Hall–Kier alpha value is -0.220. The number of nitrogens with one attached hydrogen (secondary N) is 1. The van der Waals surface area contributed by atoms with Crippen molar-refractivity contribution in [1.29, 1.82) is 0 Å². The molecule has 0 aromatic carbocycles.